The first-order valence-corrected chi connectivity index (χ1v) is 9.60. The Balaban J connectivity index is 1.64. The standard InChI is InChI=1S/C20H21F3N6O2/c1-10-4-15-17(27-6-10)16(18(25)31-15)19(30)28-13-7-26-3-2-14(13)29-8-11(20(21,22)23)5-12(24)9-29/h2-4,6-7,11-12H,5,8-9,24-25H2,1H3,(H,28,30). The minimum absolute atomic E-state index is 0.0494. The SMILES string of the molecule is Cc1cnc2c(C(=O)Nc3cnccc3N3CC(N)CC(C(F)(F)F)C3)c(N)oc2c1. The predicted molar refractivity (Wildman–Crippen MR) is 110 cm³/mol. The number of hydrogen-bond donors (Lipinski definition) is 3. The molecule has 5 N–H and O–H groups in total. The Labute approximate surface area is 175 Å². The van der Waals surface area contributed by atoms with Gasteiger partial charge in [-0.05, 0) is 31.0 Å². The smallest absolute Gasteiger partial charge is 0.393 e. The van der Waals surface area contributed by atoms with Crippen molar-refractivity contribution in [3.05, 3.63) is 41.9 Å². The summed E-state index contributed by atoms with van der Waals surface area (Å²) >= 11 is 0. The number of halogens is 3. The summed E-state index contributed by atoms with van der Waals surface area (Å²) in [6, 6.07) is 2.59. The number of nitrogens with two attached hydrogens (primary N) is 2. The van der Waals surface area contributed by atoms with Crippen molar-refractivity contribution >= 4 is 34.3 Å². The van der Waals surface area contributed by atoms with E-state index in [9.17, 15) is 18.0 Å². The fourth-order valence-corrected chi connectivity index (χ4v) is 3.83. The van der Waals surface area contributed by atoms with Crippen LogP contribution in [-0.4, -0.2) is 41.2 Å². The summed E-state index contributed by atoms with van der Waals surface area (Å²) in [7, 11) is 0. The van der Waals surface area contributed by atoms with Crippen molar-refractivity contribution in [2.24, 2.45) is 11.7 Å². The zero-order chi connectivity index (χ0) is 22.3. The van der Waals surface area contributed by atoms with Gasteiger partial charge in [-0.2, -0.15) is 13.2 Å². The lowest BCUT2D eigenvalue weighted by Gasteiger charge is -2.39. The third kappa shape index (κ3) is 4.13. The Kier molecular flexibility index (Phi) is 5.21. The van der Waals surface area contributed by atoms with Gasteiger partial charge in [0.1, 0.15) is 11.1 Å². The van der Waals surface area contributed by atoms with Gasteiger partial charge in [0.25, 0.3) is 5.91 Å². The van der Waals surface area contributed by atoms with Crippen molar-refractivity contribution in [2.75, 3.05) is 29.0 Å². The first-order valence-electron chi connectivity index (χ1n) is 9.60. The number of furan rings is 1. The number of pyridine rings is 2. The molecule has 1 amide bonds. The van der Waals surface area contributed by atoms with E-state index < -0.39 is 24.0 Å². The topological polar surface area (TPSA) is 123 Å². The number of amides is 1. The highest BCUT2D eigenvalue weighted by Crippen LogP contribution is 2.37. The minimum atomic E-state index is -4.36. The molecular weight excluding hydrogens is 413 g/mol. The molecule has 2 unspecified atom stereocenters. The lowest BCUT2D eigenvalue weighted by molar-refractivity contribution is -0.177. The van der Waals surface area contributed by atoms with Crippen LogP contribution in [0.15, 0.2) is 35.1 Å². The quantitative estimate of drug-likeness (QED) is 0.579. The third-order valence-corrected chi connectivity index (χ3v) is 5.25. The van der Waals surface area contributed by atoms with Gasteiger partial charge in [-0.15, -0.1) is 0 Å². The van der Waals surface area contributed by atoms with Gasteiger partial charge in [0.2, 0.25) is 5.88 Å². The molecule has 0 spiro atoms. The molecule has 11 heteroatoms. The molecule has 8 nitrogen and oxygen atoms in total. The lowest BCUT2D eigenvalue weighted by atomic mass is 9.93. The summed E-state index contributed by atoms with van der Waals surface area (Å²) < 4.78 is 45.4. The fraction of sp³-hybridized carbons (Fsp3) is 0.350. The molecule has 0 aliphatic carbocycles. The third-order valence-electron chi connectivity index (χ3n) is 5.25. The maximum Gasteiger partial charge on any atom is 0.393 e. The summed E-state index contributed by atoms with van der Waals surface area (Å²) in [5, 5.41) is 2.68. The molecule has 3 aromatic heterocycles. The Morgan fingerprint density at radius 3 is 2.84 bits per heavy atom. The number of hydrogen-bond acceptors (Lipinski definition) is 7. The number of aryl methyl sites for hydroxylation is 1. The number of nitrogen functional groups attached to an aromatic ring is 1. The molecular formula is C20H21F3N6O2. The molecule has 2 atom stereocenters. The zero-order valence-corrected chi connectivity index (χ0v) is 16.6. The molecule has 0 bridgehead atoms. The van der Waals surface area contributed by atoms with Crippen LogP contribution in [0, 0.1) is 12.8 Å². The van der Waals surface area contributed by atoms with Crippen LogP contribution in [0.1, 0.15) is 22.3 Å². The Hall–Kier alpha value is -3.34. The number of aromatic nitrogens is 2. The number of nitrogens with one attached hydrogen (secondary N) is 1. The monoisotopic (exact) mass is 434 g/mol. The Bertz CT molecular complexity index is 1130. The molecule has 0 radical (unpaired) electrons. The average molecular weight is 434 g/mol. The van der Waals surface area contributed by atoms with Crippen molar-refractivity contribution in [2.45, 2.75) is 25.6 Å². The molecule has 4 heterocycles. The second-order valence-corrected chi connectivity index (χ2v) is 7.69. The van der Waals surface area contributed by atoms with Crippen LogP contribution < -0.4 is 21.7 Å². The number of anilines is 3. The van der Waals surface area contributed by atoms with Crippen LogP contribution in [0.3, 0.4) is 0 Å². The van der Waals surface area contributed by atoms with Gasteiger partial charge < -0.3 is 26.1 Å². The van der Waals surface area contributed by atoms with E-state index in [0.29, 0.717) is 16.8 Å². The highest BCUT2D eigenvalue weighted by molar-refractivity contribution is 6.15. The Morgan fingerprint density at radius 1 is 1.32 bits per heavy atom. The van der Waals surface area contributed by atoms with Crippen molar-refractivity contribution in [1.82, 2.24) is 9.97 Å². The van der Waals surface area contributed by atoms with Gasteiger partial charge in [-0.3, -0.25) is 14.8 Å². The lowest BCUT2D eigenvalue weighted by Crippen LogP contribution is -2.51. The van der Waals surface area contributed by atoms with E-state index in [-0.39, 0.29) is 36.6 Å². The van der Waals surface area contributed by atoms with Crippen LogP contribution in [0.25, 0.3) is 11.1 Å². The number of carbonyl (C=O) groups excluding carboxylic acids is 1. The maximum absolute atomic E-state index is 13.3. The van der Waals surface area contributed by atoms with Crippen LogP contribution in [-0.2, 0) is 0 Å². The second-order valence-electron chi connectivity index (χ2n) is 7.69. The normalized spacial score (nSPS) is 19.6. The number of nitrogens with zero attached hydrogens (tertiary/aromatic N) is 3. The van der Waals surface area contributed by atoms with Crippen molar-refractivity contribution in [1.29, 1.82) is 0 Å². The van der Waals surface area contributed by atoms with Gasteiger partial charge in [0.15, 0.2) is 5.58 Å². The minimum Gasteiger partial charge on any atom is -0.438 e. The summed E-state index contributed by atoms with van der Waals surface area (Å²) in [4.78, 5) is 22.7. The van der Waals surface area contributed by atoms with Crippen LogP contribution in [0.4, 0.5) is 30.4 Å². The van der Waals surface area contributed by atoms with E-state index in [2.05, 4.69) is 15.3 Å². The molecule has 3 aromatic rings. The highest BCUT2D eigenvalue weighted by atomic mass is 19.4. The van der Waals surface area contributed by atoms with Crippen LogP contribution in [0.2, 0.25) is 0 Å². The van der Waals surface area contributed by atoms with Gasteiger partial charge in [-0.1, -0.05) is 0 Å². The fourth-order valence-electron chi connectivity index (χ4n) is 3.83. The largest absolute Gasteiger partial charge is 0.438 e. The van der Waals surface area contributed by atoms with E-state index in [1.165, 1.54) is 17.3 Å². The molecule has 164 valence electrons. The number of piperidine rings is 1. The van der Waals surface area contributed by atoms with Gasteiger partial charge in [0.05, 0.1) is 23.5 Å². The Morgan fingerprint density at radius 2 is 2.10 bits per heavy atom. The summed E-state index contributed by atoms with van der Waals surface area (Å²) in [6.07, 6.45) is -0.113. The number of alkyl halides is 3. The molecule has 4 rings (SSSR count). The van der Waals surface area contributed by atoms with E-state index >= 15 is 0 Å². The van der Waals surface area contributed by atoms with Crippen molar-refractivity contribution in [3.63, 3.8) is 0 Å². The van der Waals surface area contributed by atoms with Crippen molar-refractivity contribution in [3.8, 4) is 0 Å². The summed E-state index contributed by atoms with van der Waals surface area (Å²) in [5.41, 5.74) is 14.0. The number of carbonyl (C=O) groups is 1. The van der Waals surface area contributed by atoms with E-state index in [1.807, 2.05) is 6.92 Å². The van der Waals surface area contributed by atoms with E-state index in [1.54, 1.807) is 18.3 Å². The summed E-state index contributed by atoms with van der Waals surface area (Å²) in [6.45, 7) is 1.78. The van der Waals surface area contributed by atoms with Gasteiger partial charge >= 0.3 is 6.18 Å². The molecule has 0 saturated carbocycles. The number of rotatable bonds is 3. The number of fused-ring (bicyclic) bond motifs is 1. The van der Waals surface area contributed by atoms with Crippen LogP contribution in [0.5, 0.6) is 0 Å². The van der Waals surface area contributed by atoms with Crippen molar-refractivity contribution < 1.29 is 22.4 Å². The molecule has 1 fully saturated rings. The van der Waals surface area contributed by atoms with Gasteiger partial charge in [-0.25, -0.2) is 0 Å². The second kappa shape index (κ2) is 7.73. The molecule has 0 aromatic carbocycles. The molecule has 1 aliphatic heterocycles. The average Bonchev–Trinajstić information content (AvgIpc) is 3.02. The van der Waals surface area contributed by atoms with E-state index in [0.717, 1.165) is 5.56 Å². The first kappa shape index (κ1) is 20.9. The predicted octanol–water partition coefficient (Wildman–Crippen LogP) is 3.08. The zero-order valence-electron chi connectivity index (χ0n) is 16.6. The molecule has 1 saturated heterocycles. The van der Waals surface area contributed by atoms with E-state index in [4.69, 9.17) is 15.9 Å². The van der Waals surface area contributed by atoms with Gasteiger partial charge in [0, 0.05) is 31.5 Å². The molecule has 1 aliphatic rings. The summed E-state index contributed by atoms with van der Waals surface area (Å²) in [5.74, 6) is -2.27. The maximum atomic E-state index is 13.3. The highest BCUT2D eigenvalue weighted by Gasteiger charge is 2.44. The molecule has 31 heavy (non-hydrogen) atoms. The first-order chi connectivity index (χ1) is 14.6. The van der Waals surface area contributed by atoms with Crippen LogP contribution >= 0.6 is 0 Å².